The van der Waals surface area contributed by atoms with Gasteiger partial charge in [0.05, 0.1) is 31.8 Å². The fourth-order valence-corrected chi connectivity index (χ4v) is 2.35. The maximum Gasteiger partial charge on any atom is 0.308 e. The van der Waals surface area contributed by atoms with Crippen LogP contribution in [0.5, 0.6) is 0 Å². The number of anilines is 1. The molecule has 0 spiro atoms. The van der Waals surface area contributed by atoms with Crippen LogP contribution in [0.15, 0.2) is 24.3 Å². The van der Waals surface area contributed by atoms with Gasteiger partial charge in [0.25, 0.3) is 5.91 Å². The van der Waals surface area contributed by atoms with Gasteiger partial charge in [0.15, 0.2) is 0 Å². The molecule has 21 heavy (non-hydrogen) atoms. The Morgan fingerprint density at radius 2 is 2.19 bits per heavy atom. The zero-order valence-corrected chi connectivity index (χ0v) is 12.3. The summed E-state index contributed by atoms with van der Waals surface area (Å²) < 4.78 is 10.2. The summed E-state index contributed by atoms with van der Waals surface area (Å²) in [4.78, 5) is 25.6. The summed E-state index contributed by atoms with van der Waals surface area (Å²) >= 11 is 0. The predicted octanol–water partition coefficient (Wildman–Crippen LogP) is 1.13. The van der Waals surface area contributed by atoms with E-state index in [1.54, 1.807) is 18.0 Å². The number of carbonyl (C=O) groups is 2. The largest absolute Gasteiger partial charge is 0.469 e. The molecular weight excluding hydrogens is 272 g/mol. The van der Waals surface area contributed by atoms with Crippen molar-refractivity contribution in [2.24, 2.45) is 0 Å². The highest BCUT2D eigenvalue weighted by Gasteiger charge is 2.27. The van der Waals surface area contributed by atoms with Gasteiger partial charge in [-0.25, -0.2) is 0 Å². The first-order chi connectivity index (χ1) is 10.2. The Labute approximate surface area is 124 Å². The number of ether oxygens (including phenoxy) is 2. The van der Waals surface area contributed by atoms with E-state index in [1.807, 2.05) is 18.2 Å². The zero-order valence-electron chi connectivity index (χ0n) is 12.3. The van der Waals surface area contributed by atoms with Crippen molar-refractivity contribution < 1.29 is 19.1 Å². The lowest BCUT2D eigenvalue weighted by molar-refractivity contribution is -0.145. The molecule has 1 fully saturated rings. The van der Waals surface area contributed by atoms with Crippen LogP contribution in [-0.4, -0.2) is 56.7 Å². The van der Waals surface area contributed by atoms with Crippen LogP contribution in [0.3, 0.4) is 0 Å². The molecule has 1 unspecified atom stereocenters. The molecule has 1 heterocycles. The highest BCUT2D eigenvalue weighted by molar-refractivity contribution is 5.99. The number of nitrogens with zero attached hydrogens (tertiary/aromatic N) is 1. The number of hydrogen-bond acceptors (Lipinski definition) is 5. The van der Waals surface area contributed by atoms with E-state index < -0.39 is 0 Å². The minimum atomic E-state index is -0.329. The first-order valence-corrected chi connectivity index (χ1v) is 6.90. The Morgan fingerprint density at radius 3 is 2.90 bits per heavy atom. The standard InChI is InChI=1S/C15H20N2O4/c1-16-13-6-4-3-5-12(13)15(19)17-7-8-21-11(10-17)9-14(18)20-2/h3-6,11,16H,7-10H2,1-2H3. The average Bonchev–Trinajstić information content (AvgIpc) is 2.54. The molecule has 6 nitrogen and oxygen atoms in total. The summed E-state index contributed by atoms with van der Waals surface area (Å²) in [5, 5.41) is 3.02. The van der Waals surface area contributed by atoms with E-state index >= 15 is 0 Å². The van der Waals surface area contributed by atoms with E-state index in [4.69, 9.17) is 4.74 Å². The van der Waals surface area contributed by atoms with Gasteiger partial charge in [-0.2, -0.15) is 0 Å². The van der Waals surface area contributed by atoms with E-state index in [-0.39, 0.29) is 24.4 Å². The SMILES string of the molecule is CNc1ccccc1C(=O)N1CCOC(CC(=O)OC)C1. The maximum absolute atomic E-state index is 12.6. The molecule has 0 radical (unpaired) electrons. The fraction of sp³-hybridized carbons (Fsp3) is 0.467. The molecular formula is C15H20N2O4. The van der Waals surface area contributed by atoms with Crippen molar-refractivity contribution in [3.05, 3.63) is 29.8 Å². The molecule has 0 saturated carbocycles. The normalized spacial score (nSPS) is 18.2. The Balaban J connectivity index is 2.06. The third-order valence-corrected chi connectivity index (χ3v) is 3.47. The second-order valence-corrected chi connectivity index (χ2v) is 4.82. The summed E-state index contributed by atoms with van der Waals surface area (Å²) in [7, 11) is 3.13. The molecule has 0 bridgehead atoms. The zero-order chi connectivity index (χ0) is 15.2. The molecule has 1 aliphatic rings. The van der Waals surface area contributed by atoms with Gasteiger partial charge in [0.1, 0.15) is 0 Å². The number of esters is 1. The number of para-hydroxylation sites is 1. The van der Waals surface area contributed by atoms with E-state index in [0.717, 1.165) is 5.69 Å². The number of carbonyl (C=O) groups excluding carboxylic acids is 2. The van der Waals surface area contributed by atoms with Crippen LogP contribution in [0.4, 0.5) is 5.69 Å². The topological polar surface area (TPSA) is 67.9 Å². The molecule has 6 heteroatoms. The Kier molecular flexibility index (Phi) is 5.16. The third-order valence-electron chi connectivity index (χ3n) is 3.47. The van der Waals surface area contributed by atoms with Crippen molar-refractivity contribution in [2.75, 3.05) is 39.2 Å². The van der Waals surface area contributed by atoms with Gasteiger partial charge in [-0.05, 0) is 12.1 Å². The molecule has 1 aromatic carbocycles. The van der Waals surface area contributed by atoms with Crippen LogP contribution in [-0.2, 0) is 14.3 Å². The van der Waals surface area contributed by atoms with Gasteiger partial charge in [0, 0.05) is 25.8 Å². The van der Waals surface area contributed by atoms with Gasteiger partial charge in [0.2, 0.25) is 0 Å². The quantitative estimate of drug-likeness (QED) is 0.843. The van der Waals surface area contributed by atoms with Gasteiger partial charge in [-0.3, -0.25) is 9.59 Å². The molecule has 1 amide bonds. The molecule has 1 atom stereocenters. The smallest absolute Gasteiger partial charge is 0.308 e. The first kappa shape index (κ1) is 15.3. The van der Waals surface area contributed by atoms with Crippen LogP contribution < -0.4 is 5.32 Å². The van der Waals surface area contributed by atoms with E-state index in [1.165, 1.54) is 7.11 Å². The van der Waals surface area contributed by atoms with Crippen molar-refractivity contribution in [3.8, 4) is 0 Å². The molecule has 1 saturated heterocycles. The molecule has 1 aliphatic heterocycles. The molecule has 1 N–H and O–H groups in total. The lowest BCUT2D eigenvalue weighted by Crippen LogP contribution is -2.46. The van der Waals surface area contributed by atoms with Gasteiger partial charge in [-0.15, -0.1) is 0 Å². The second kappa shape index (κ2) is 7.08. The summed E-state index contributed by atoms with van der Waals surface area (Å²) in [6, 6.07) is 7.36. The van der Waals surface area contributed by atoms with Crippen molar-refractivity contribution >= 4 is 17.6 Å². The average molecular weight is 292 g/mol. The number of morpholine rings is 1. The number of methoxy groups -OCH3 is 1. The summed E-state index contributed by atoms with van der Waals surface area (Å²) in [6.07, 6.45) is -0.148. The van der Waals surface area contributed by atoms with Gasteiger partial charge >= 0.3 is 5.97 Å². The molecule has 1 aromatic rings. The Bertz CT molecular complexity index is 518. The van der Waals surface area contributed by atoms with E-state index in [0.29, 0.717) is 25.3 Å². The number of amides is 1. The molecule has 0 aromatic heterocycles. The third kappa shape index (κ3) is 3.72. The van der Waals surface area contributed by atoms with Gasteiger partial charge < -0.3 is 19.7 Å². The van der Waals surface area contributed by atoms with Crippen LogP contribution in [0.25, 0.3) is 0 Å². The number of benzene rings is 1. The summed E-state index contributed by atoms with van der Waals surface area (Å²) in [5.74, 6) is -0.386. The van der Waals surface area contributed by atoms with E-state index in [2.05, 4.69) is 10.1 Å². The van der Waals surface area contributed by atoms with Gasteiger partial charge in [-0.1, -0.05) is 12.1 Å². The number of hydrogen-bond donors (Lipinski definition) is 1. The second-order valence-electron chi connectivity index (χ2n) is 4.82. The predicted molar refractivity (Wildman–Crippen MR) is 78.3 cm³/mol. The lowest BCUT2D eigenvalue weighted by atomic mass is 10.1. The van der Waals surface area contributed by atoms with Crippen molar-refractivity contribution in [2.45, 2.75) is 12.5 Å². The minimum Gasteiger partial charge on any atom is -0.469 e. The number of rotatable bonds is 4. The van der Waals surface area contributed by atoms with Crippen molar-refractivity contribution in [1.29, 1.82) is 0 Å². The highest BCUT2D eigenvalue weighted by atomic mass is 16.5. The van der Waals surface area contributed by atoms with Crippen molar-refractivity contribution in [1.82, 2.24) is 4.90 Å². The van der Waals surface area contributed by atoms with Crippen LogP contribution >= 0.6 is 0 Å². The monoisotopic (exact) mass is 292 g/mol. The maximum atomic E-state index is 12.6. The lowest BCUT2D eigenvalue weighted by Gasteiger charge is -2.33. The van der Waals surface area contributed by atoms with Crippen LogP contribution in [0.1, 0.15) is 16.8 Å². The van der Waals surface area contributed by atoms with Crippen molar-refractivity contribution in [3.63, 3.8) is 0 Å². The summed E-state index contributed by atoms with van der Waals surface area (Å²) in [6.45, 7) is 1.34. The Hall–Kier alpha value is -2.08. The highest BCUT2D eigenvalue weighted by Crippen LogP contribution is 2.19. The summed E-state index contributed by atoms with van der Waals surface area (Å²) in [5.41, 5.74) is 1.41. The first-order valence-electron chi connectivity index (χ1n) is 6.90. The molecule has 0 aliphatic carbocycles. The molecule has 114 valence electrons. The van der Waals surface area contributed by atoms with Crippen LogP contribution in [0, 0.1) is 0 Å². The fourth-order valence-electron chi connectivity index (χ4n) is 2.35. The molecule has 2 rings (SSSR count). The number of nitrogens with one attached hydrogen (secondary N) is 1. The van der Waals surface area contributed by atoms with Crippen LogP contribution in [0.2, 0.25) is 0 Å². The Morgan fingerprint density at radius 1 is 1.43 bits per heavy atom. The van der Waals surface area contributed by atoms with E-state index in [9.17, 15) is 9.59 Å². The minimum absolute atomic E-state index is 0.0573.